The number of hydrogen-bond acceptors (Lipinski definition) is 5. The van der Waals surface area contributed by atoms with Gasteiger partial charge in [0.15, 0.2) is 11.8 Å². The van der Waals surface area contributed by atoms with Gasteiger partial charge in [0.25, 0.3) is 0 Å². The highest BCUT2D eigenvalue weighted by Crippen LogP contribution is 2.32. The van der Waals surface area contributed by atoms with Gasteiger partial charge in [-0.15, -0.1) is 34.2 Å². The van der Waals surface area contributed by atoms with Gasteiger partial charge in [-0.3, -0.25) is 4.90 Å². The lowest BCUT2D eigenvalue weighted by Crippen LogP contribution is -2.47. The molecule has 2 fully saturated rings. The van der Waals surface area contributed by atoms with Crippen LogP contribution < -0.4 is 10.6 Å². The second kappa shape index (κ2) is 13.2. The summed E-state index contributed by atoms with van der Waals surface area (Å²) in [4.78, 5) is 7.29. The number of morpholine rings is 1. The van der Waals surface area contributed by atoms with Gasteiger partial charge in [0.2, 0.25) is 0 Å². The summed E-state index contributed by atoms with van der Waals surface area (Å²) in [6.07, 6.45) is 4.75. The summed E-state index contributed by atoms with van der Waals surface area (Å²) >= 11 is 0. The first-order valence-electron chi connectivity index (χ1n) is 11.9. The predicted molar refractivity (Wildman–Crippen MR) is 142 cm³/mol. The predicted octanol–water partition coefficient (Wildman–Crippen LogP) is 2.84. The lowest BCUT2D eigenvalue weighted by atomic mass is 9.82. The van der Waals surface area contributed by atoms with E-state index >= 15 is 0 Å². The minimum absolute atomic E-state index is 0. The normalized spacial score (nSPS) is 21.9. The molecule has 2 aliphatic rings. The smallest absolute Gasteiger partial charge is 0.191 e. The number of rotatable bonds is 7. The van der Waals surface area contributed by atoms with Gasteiger partial charge in [-0.05, 0) is 44.1 Å². The molecule has 2 N–H and O–H groups in total. The Morgan fingerprint density at radius 3 is 2.48 bits per heavy atom. The molecule has 0 spiro atoms. The summed E-state index contributed by atoms with van der Waals surface area (Å²) in [6, 6.07) is 11.4. The summed E-state index contributed by atoms with van der Waals surface area (Å²) < 4.78 is 7.46. The molecule has 0 bridgehead atoms. The number of aliphatic imine (C=N–C) groups is 1. The number of hydrogen-bond donors (Lipinski definition) is 2. The SMILES string of the molecule is Cc1nnc(CN=C(NCCN2CCOCC2)NC2CCC(c3ccccc3)CC2)n1C.I. The van der Waals surface area contributed by atoms with Gasteiger partial charge < -0.3 is 19.9 Å². The molecule has 2 heterocycles. The molecule has 1 aromatic heterocycles. The van der Waals surface area contributed by atoms with Crippen LogP contribution in [0.3, 0.4) is 0 Å². The van der Waals surface area contributed by atoms with Crippen molar-refractivity contribution in [2.45, 2.75) is 51.1 Å². The van der Waals surface area contributed by atoms with Crippen molar-refractivity contribution < 1.29 is 4.74 Å². The number of nitrogens with zero attached hydrogens (tertiary/aromatic N) is 5. The van der Waals surface area contributed by atoms with Crippen molar-refractivity contribution in [3.63, 3.8) is 0 Å². The first-order chi connectivity index (χ1) is 15.7. The topological polar surface area (TPSA) is 79.6 Å². The van der Waals surface area contributed by atoms with Crippen LogP contribution in [0.4, 0.5) is 0 Å². The maximum Gasteiger partial charge on any atom is 0.191 e. The largest absolute Gasteiger partial charge is 0.379 e. The monoisotopic (exact) mass is 567 g/mol. The van der Waals surface area contributed by atoms with Crippen LogP contribution in [0.5, 0.6) is 0 Å². The minimum Gasteiger partial charge on any atom is -0.379 e. The molecule has 1 aliphatic heterocycles. The molecule has 0 unspecified atom stereocenters. The average Bonchev–Trinajstić information content (AvgIpc) is 3.16. The highest BCUT2D eigenvalue weighted by molar-refractivity contribution is 14.0. The first kappa shape index (κ1) is 25.9. The number of benzene rings is 1. The van der Waals surface area contributed by atoms with E-state index in [2.05, 4.69) is 56.1 Å². The van der Waals surface area contributed by atoms with Crippen molar-refractivity contribution in [3.8, 4) is 0 Å². The fraction of sp³-hybridized carbons (Fsp3) is 0.625. The fourth-order valence-electron chi connectivity index (χ4n) is 4.54. The van der Waals surface area contributed by atoms with Gasteiger partial charge in [-0.25, -0.2) is 4.99 Å². The van der Waals surface area contributed by atoms with Gasteiger partial charge in [0.1, 0.15) is 12.4 Å². The Labute approximate surface area is 214 Å². The van der Waals surface area contributed by atoms with Crippen molar-refractivity contribution in [1.29, 1.82) is 0 Å². The van der Waals surface area contributed by atoms with Crippen LogP contribution in [0.15, 0.2) is 35.3 Å². The van der Waals surface area contributed by atoms with Crippen molar-refractivity contribution in [1.82, 2.24) is 30.3 Å². The zero-order valence-corrected chi connectivity index (χ0v) is 22.2. The number of aryl methyl sites for hydroxylation is 1. The van der Waals surface area contributed by atoms with Gasteiger partial charge in [0.05, 0.1) is 13.2 Å². The lowest BCUT2D eigenvalue weighted by molar-refractivity contribution is 0.0389. The number of ether oxygens (including phenoxy) is 1. The number of aromatic nitrogens is 3. The summed E-state index contributed by atoms with van der Waals surface area (Å²) in [6.45, 7) is 8.00. The van der Waals surface area contributed by atoms with E-state index in [-0.39, 0.29) is 24.0 Å². The standard InChI is InChI=1S/C24H37N7O.HI/c1-19-28-29-23(30(19)2)18-26-24(25-12-13-31-14-16-32-17-15-31)27-22-10-8-21(9-11-22)20-6-4-3-5-7-20;/h3-7,21-22H,8-18H2,1-2H3,(H2,25,26,27);1H. The quantitative estimate of drug-likeness (QED) is 0.305. The average molecular weight is 568 g/mol. The van der Waals surface area contributed by atoms with E-state index in [1.54, 1.807) is 0 Å². The molecule has 0 amide bonds. The van der Waals surface area contributed by atoms with Crippen LogP contribution in [0.2, 0.25) is 0 Å². The third-order valence-electron chi connectivity index (χ3n) is 6.72. The molecule has 1 saturated heterocycles. The van der Waals surface area contributed by atoms with Gasteiger partial charge in [-0.1, -0.05) is 30.3 Å². The highest BCUT2D eigenvalue weighted by atomic mass is 127. The maximum absolute atomic E-state index is 5.46. The van der Waals surface area contributed by atoms with E-state index in [0.717, 1.165) is 69.8 Å². The Balaban J connectivity index is 0.00000306. The Morgan fingerprint density at radius 1 is 1.09 bits per heavy atom. The van der Waals surface area contributed by atoms with Crippen LogP contribution in [0, 0.1) is 6.92 Å². The van der Waals surface area contributed by atoms with Crippen LogP contribution in [-0.2, 0) is 18.3 Å². The highest BCUT2D eigenvalue weighted by Gasteiger charge is 2.23. The van der Waals surface area contributed by atoms with E-state index in [1.807, 2.05) is 18.5 Å². The third kappa shape index (κ3) is 7.65. The van der Waals surface area contributed by atoms with Gasteiger partial charge in [-0.2, -0.15) is 0 Å². The Bertz CT molecular complexity index is 859. The van der Waals surface area contributed by atoms with E-state index < -0.39 is 0 Å². The summed E-state index contributed by atoms with van der Waals surface area (Å²) in [5.41, 5.74) is 1.47. The first-order valence-corrected chi connectivity index (χ1v) is 11.9. The zero-order valence-electron chi connectivity index (χ0n) is 19.9. The second-order valence-corrected chi connectivity index (χ2v) is 8.87. The minimum atomic E-state index is 0. The molecule has 182 valence electrons. The molecular formula is C24H38IN7O. The van der Waals surface area contributed by atoms with E-state index in [0.29, 0.717) is 18.5 Å². The summed E-state index contributed by atoms with van der Waals surface area (Å²) in [5.74, 6) is 3.33. The summed E-state index contributed by atoms with van der Waals surface area (Å²) in [5, 5.41) is 15.7. The molecule has 0 atom stereocenters. The molecule has 33 heavy (non-hydrogen) atoms. The maximum atomic E-state index is 5.46. The number of nitrogens with one attached hydrogen (secondary N) is 2. The number of guanidine groups is 1. The fourth-order valence-corrected chi connectivity index (χ4v) is 4.54. The Hall–Kier alpha value is -1.72. The number of halogens is 1. The van der Waals surface area contributed by atoms with Crippen molar-refractivity contribution in [2.75, 3.05) is 39.4 Å². The van der Waals surface area contributed by atoms with Crippen molar-refractivity contribution in [2.24, 2.45) is 12.0 Å². The molecule has 4 rings (SSSR count). The van der Waals surface area contributed by atoms with Crippen LogP contribution in [-0.4, -0.2) is 71.1 Å². The molecule has 2 aromatic rings. The molecule has 8 nitrogen and oxygen atoms in total. The molecule has 1 saturated carbocycles. The zero-order chi connectivity index (χ0) is 22.2. The lowest BCUT2D eigenvalue weighted by Gasteiger charge is -2.31. The van der Waals surface area contributed by atoms with E-state index in [9.17, 15) is 0 Å². The molecule has 1 aliphatic carbocycles. The molecular weight excluding hydrogens is 529 g/mol. The van der Waals surface area contributed by atoms with Crippen LogP contribution in [0.1, 0.15) is 48.8 Å². The van der Waals surface area contributed by atoms with Crippen LogP contribution in [0.25, 0.3) is 0 Å². The second-order valence-electron chi connectivity index (χ2n) is 8.87. The summed E-state index contributed by atoms with van der Waals surface area (Å²) in [7, 11) is 1.99. The van der Waals surface area contributed by atoms with Crippen LogP contribution >= 0.6 is 24.0 Å². The van der Waals surface area contributed by atoms with E-state index in [1.165, 1.54) is 18.4 Å². The van der Waals surface area contributed by atoms with Gasteiger partial charge >= 0.3 is 0 Å². The third-order valence-corrected chi connectivity index (χ3v) is 6.72. The van der Waals surface area contributed by atoms with Crippen molar-refractivity contribution in [3.05, 3.63) is 47.5 Å². The Morgan fingerprint density at radius 2 is 1.82 bits per heavy atom. The van der Waals surface area contributed by atoms with Gasteiger partial charge in [0, 0.05) is 39.3 Å². The van der Waals surface area contributed by atoms with E-state index in [4.69, 9.17) is 9.73 Å². The molecule has 9 heteroatoms. The molecule has 1 aromatic carbocycles. The van der Waals surface area contributed by atoms with Crippen molar-refractivity contribution >= 4 is 29.9 Å². The molecule has 0 radical (unpaired) electrons. The Kier molecular flexibility index (Phi) is 10.4.